The molecule has 4 nitrogen and oxygen atoms in total. The van der Waals surface area contributed by atoms with E-state index in [9.17, 15) is 8.78 Å². The number of hydrogen-bond donors (Lipinski definition) is 1. The van der Waals surface area contributed by atoms with E-state index in [2.05, 4.69) is 15.3 Å². The highest BCUT2D eigenvalue weighted by Gasteiger charge is 2.06. The van der Waals surface area contributed by atoms with Crippen LogP contribution in [0.1, 0.15) is 5.56 Å². The Bertz CT molecular complexity index is 549. The van der Waals surface area contributed by atoms with E-state index in [1.165, 1.54) is 25.3 Å². The van der Waals surface area contributed by atoms with Gasteiger partial charge in [-0.25, -0.2) is 14.4 Å². The molecule has 0 aliphatic heterocycles. The van der Waals surface area contributed by atoms with Crippen molar-refractivity contribution in [3.8, 4) is 5.88 Å². The highest BCUT2D eigenvalue weighted by molar-refractivity contribution is 5.37. The average Bonchev–Trinajstić information content (AvgIpc) is 2.37. The number of nitrogens with one attached hydrogen (secondary N) is 1. The van der Waals surface area contributed by atoms with Gasteiger partial charge >= 0.3 is 0 Å². The molecule has 2 aromatic rings. The quantitative estimate of drug-likeness (QED) is 0.847. The van der Waals surface area contributed by atoms with Gasteiger partial charge in [0.05, 0.1) is 13.3 Å². The maximum Gasteiger partial charge on any atom is 0.218 e. The second kappa shape index (κ2) is 5.39. The van der Waals surface area contributed by atoms with Gasteiger partial charge < -0.3 is 10.1 Å². The SMILES string of the molecule is COc1ncc(F)cc1CNc1cccc(F)n1. The monoisotopic (exact) mass is 251 g/mol. The van der Waals surface area contributed by atoms with Crippen LogP contribution in [0.3, 0.4) is 0 Å². The first-order chi connectivity index (χ1) is 8.69. The lowest BCUT2D eigenvalue weighted by Gasteiger charge is -2.09. The van der Waals surface area contributed by atoms with Gasteiger partial charge in [-0.05, 0) is 18.2 Å². The molecule has 2 aromatic heterocycles. The van der Waals surface area contributed by atoms with Gasteiger partial charge in [-0.3, -0.25) is 0 Å². The number of hydrogen-bond acceptors (Lipinski definition) is 4. The van der Waals surface area contributed by atoms with Crippen LogP contribution in [0.25, 0.3) is 0 Å². The minimum Gasteiger partial charge on any atom is -0.481 e. The van der Waals surface area contributed by atoms with Gasteiger partial charge in [0.25, 0.3) is 0 Å². The summed E-state index contributed by atoms with van der Waals surface area (Å²) in [6.07, 6.45) is 1.07. The first-order valence-electron chi connectivity index (χ1n) is 5.24. The molecule has 1 N–H and O–H groups in total. The number of methoxy groups -OCH3 is 1. The molecule has 0 amide bonds. The van der Waals surface area contributed by atoms with Crippen LogP contribution in [0.4, 0.5) is 14.6 Å². The van der Waals surface area contributed by atoms with Crippen LogP contribution in [0.5, 0.6) is 5.88 Å². The number of ether oxygens (including phenoxy) is 1. The van der Waals surface area contributed by atoms with Crippen LogP contribution >= 0.6 is 0 Å². The molecule has 0 bridgehead atoms. The van der Waals surface area contributed by atoms with Crippen LogP contribution in [-0.2, 0) is 6.54 Å². The molecule has 6 heteroatoms. The molecule has 0 fully saturated rings. The van der Waals surface area contributed by atoms with E-state index in [-0.39, 0.29) is 6.54 Å². The molecule has 94 valence electrons. The third kappa shape index (κ3) is 2.91. The van der Waals surface area contributed by atoms with Crippen molar-refractivity contribution in [3.63, 3.8) is 0 Å². The van der Waals surface area contributed by atoms with Gasteiger partial charge in [0, 0.05) is 12.1 Å². The van der Waals surface area contributed by atoms with Crippen molar-refractivity contribution in [1.82, 2.24) is 9.97 Å². The number of anilines is 1. The van der Waals surface area contributed by atoms with Gasteiger partial charge in [0.15, 0.2) is 0 Å². The molecule has 0 spiro atoms. The molecule has 0 aromatic carbocycles. The standard InChI is InChI=1S/C12H11F2N3O/c1-18-12-8(5-9(13)7-16-12)6-15-11-4-2-3-10(14)17-11/h2-5,7H,6H2,1H3,(H,15,17). The zero-order chi connectivity index (χ0) is 13.0. The minimum atomic E-state index is -0.579. The van der Waals surface area contributed by atoms with E-state index in [0.717, 1.165) is 6.20 Å². The number of halogens is 2. The average molecular weight is 251 g/mol. The third-order valence-corrected chi connectivity index (χ3v) is 2.26. The molecule has 0 aliphatic rings. The van der Waals surface area contributed by atoms with Crippen molar-refractivity contribution >= 4 is 5.82 Å². The molecule has 0 atom stereocenters. The van der Waals surface area contributed by atoms with E-state index >= 15 is 0 Å². The van der Waals surface area contributed by atoms with E-state index in [1.54, 1.807) is 6.07 Å². The summed E-state index contributed by atoms with van der Waals surface area (Å²) >= 11 is 0. The van der Waals surface area contributed by atoms with E-state index in [0.29, 0.717) is 17.3 Å². The summed E-state index contributed by atoms with van der Waals surface area (Å²) in [5.41, 5.74) is 0.531. The summed E-state index contributed by atoms with van der Waals surface area (Å²) < 4.78 is 30.9. The van der Waals surface area contributed by atoms with E-state index in [4.69, 9.17) is 4.74 Å². The van der Waals surface area contributed by atoms with Crippen LogP contribution in [0.15, 0.2) is 30.5 Å². The Labute approximate surface area is 103 Å². The van der Waals surface area contributed by atoms with Crippen molar-refractivity contribution < 1.29 is 13.5 Å². The fourth-order valence-electron chi connectivity index (χ4n) is 1.47. The maximum absolute atomic E-state index is 13.1. The molecule has 0 aliphatic carbocycles. The van der Waals surface area contributed by atoms with Crippen molar-refractivity contribution in [1.29, 1.82) is 0 Å². The third-order valence-electron chi connectivity index (χ3n) is 2.26. The molecular weight excluding hydrogens is 240 g/mol. The number of rotatable bonds is 4. The Morgan fingerprint density at radius 1 is 1.33 bits per heavy atom. The zero-order valence-corrected chi connectivity index (χ0v) is 9.65. The smallest absolute Gasteiger partial charge is 0.218 e. The summed E-state index contributed by atoms with van der Waals surface area (Å²) in [5, 5.41) is 2.87. The van der Waals surface area contributed by atoms with Gasteiger partial charge in [-0.1, -0.05) is 6.07 Å². The summed E-state index contributed by atoms with van der Waals surface area (Å²) in [6.45, 7) is 0.240. The lowest BCUT2D eigenvalue weighted by Crippen LogP contribution is -2.05. The largest absolute Gasteiger partial charge is 0.481 e. The molecule has 0 unspecified atom stereocenters. The Kier molecular flexibility index (Phi) is 3.66. The maximum atomic E-state index is 13.1. The number of pyridine rings is 2. The summed E-state index contributed by atoms with van der Waals surface area (Å²) in [6, 6.07) is 5.70. The first-order valence-corrected chi connectivity index (χ1v) is 5.24. The number of nitrogens with zero attached hydrogens (tertiary/aromatic N) is 2. The predicted octanol–water partition coefficient (Wildman–Crippen LogP) is 2.38. The van der Waals surface area contributed by atoms with Gasteiger partial charge in [-0.2, -0.15) is 4.39 Å². The molecule has 0 radical (unpaired) electrons. The Morgan fingerprint density at radius 2 is 2.17 bits per heavy atom. The highest BCUT2D eigenvalue weighted by Crippen LogP contribution is 2.17. The molecule has 2 heterocycles. The van der Waals surface area contributed by atoms with Gasteiger partial charge in [0.1, 0.15) is 11.6 Å². The highest BCUT2D eigenvalue weighted by atomic mass is 19.1. The normalized spacial score (nSPS) is 10.2. The Morgan fingerprint density at radius 3 is 2.89 bits per heavy atom. The Balaban J connectivity index is 2.12. The first kappa shape index (κ1) is 12.2. The predicted molar refractivity (Wildman–Crippen MR) is 62.3 cm³/mol. The minimum absolute atomic E-state index is 0.240. The summed E-state index contributed by atoms with van der Waals surface area (Å²) in [5.74, 6) is -0.356. The topological polar surface area (TPSA) is 47.0 Å². The van der Waals surface area contributed by atoms with Crippen LogP contribution in [0, 0.1) is 11.8 Å². The fraction of sp³-hybridized carbons (Fsp3) is 0.167. The van der Waals surface area contributed by atoms with Gasteiger partial charge in [-0.15, -0.1) is 0 Å². The van der Waals surface area contributed by atoms with Crippen molar-refractivity contribution in [2.45, 2.75) is 6.54 Å². The van der Waals surface area contributed by atoms with E-state index in [1.807, 2.05) is 0 Å². The summed E-state index contributed by atoms with van der Waals surface area (Å²) in [7, 11) is 1.45. The lowest BCUT2D eigenvalue weighted by atomic mass is 10.2. The van der Waals surface area contributed by atoms with Crippen LogP contribution in [-0.4, -0.2) is 17.1 Å². The van der Waals surface area contributed by atoms with Gasteiger partial charge in [0.2, 0.25) is 11.8 Å². The lowest BCUT2D eigenvalue weighted by molar-refractivity contribution is 0.391. The zero-order valence-electron chi connectivity index (χ0n) is 9.65. The molecule has 0 saturated heterocycles. The van der Waals surface area contributed by atoms with Crippen molar-refractivity contribution in [3.05, 3.63) is 47.8 Å². The van der Waals surface area contributed by atoms with E-state index < -0.39 is 11.8 Å². The Hall–Kier alpha value is -2.24. The molecule has 0 saturated carbocycles. The summed E-state index contributed by atoms with van der Waals surface area (Å²) in [4.78, 5) is 7.43. The fourth-order valence-corrected chi connectivity index (χ4v) is 1.47. The van der Waals surface area contributed by atoms with Crippen molar-refractivity contribution in [2.24, 2.45) is 0 Å². The molecule has 2 rings (SSSR count). The van der Waals surface area contributed by atoms with Crippen LogP contribution in [0.2, 0.25) is 0 Å². The van der Waals surface area contributed by atoms with Crippen LogP contribution < -0.4 is 10.1 Å². The molecule has 18 heavy (non-hydrogen) atoms. The molecular formula is C12H11F2N3O. The van der Waals surface area contributed by atoms with Crippen molar-refractivity contribution in [2.75, 3.05) is 12.4 Å². The second-order valence-corrected chi connectivity index (χ2v) is 3.52. The number of aromatic nitrogens is 2. The second-order valence-electron chi connectivity index (χ2n) is 3.52.